The molecule has 1 unspecified atom stereocenters. The van der Waals surface area contributed by atoms with Crippen LogP contribution in [0, 0.1) is 0 Å². The van der Waals surface area contributed by atoms with E-state index in [2.05, 4.69) is 32.9 Å². The van der Waals surface area contributed by atoms with Gasteiger partial charge >= 0.3 is 0 Å². The first-order chi connectivity index (χ1) is 7.05. The van der Waals surface area contributed by atoms with Gasteiger partial charge in [0, 0.05) is 0 Å². The summed E-state index contributed by atoms with van der Waals surface area (Å²) in [7, 11) is -1.53. The summed E-state index contributed by atoms with van der Waals surface area (Å²) in [5, 5.41) is 1.39. The lowest BCUT2D eigenvalue weighted by Gasteiger charge is -2.28. The highest BCUT2D eigenvalue weighted by atomic mass is 28.3. The molecule has 3 heteroatoms. The van der Waals surface area contributed by atoms with Gasteiger partial charge < -0.3 is 9.22 Å². The van der Waals surface area contributed by atoms with E-state index in [1.54, 1.807) is 0 Å². The second-order valence-corrected chi connectivity index (χ2v) is 8.15. The molecule has 0 N–H and O–H groups in total. The fourth-order valence-corrected chi connectivity index (χ4v) is 4.14. The van der Waals surface area contributed by atoms with Crippen LogP contribution < -0.4 is 5.19 Å². The van der Waals surface area contributed by atoms with E-state index in [9.17, 15) is 4.79 Å². The Balaban J connectivity index is 2.86. The minimum Gasteiger partial charge on any atom is -0.408 e. The number of carbonyl (C=O) groups is 1. The van der Waals surface area contributed by atoms with Crippen LogP contribution in [0.3, 0.4) is 0 Å². The van der Waals surface area contributed by atoms with Crippen molar-refractivity contribution in [2.24, 2.45) is 0 Å². The summed E-state index contributed by atoms with van der Waals surface area (Å²) in [6, 6.07) is 10.2. The van der Waals surface area contributed by atoms with Gasteiger partial charge in [0.1, 0.15) is 6.29 Å². The van der Waals surface area contributed by atoms with E-state index in [0.29, 0.717) is 0 Å². The van der Waals surface area contributed by atoms with Crippen molar-refractivity contribution in [3.8, 4) is 0 Å². The van der Waals surface area contributed by atoms with Gasteiger partial charge in [-0.15, -0.1) is 0 Å². The topological polar surface area (TPSA) is 26.3 Å². The number of aldehydes is 1. The van der Waals surface area contributed by atoms with Crippen LogP contribution >= 0.6 is 0 Å². The minimum atomic E-state index is -1.53. The van der Waals surface area contributed by atoms with Crippen LogP contribution in [0.4, 0.5) is 0 Å². The van der Waals surface area contributed by atoms with Crippen molar-refractivity contribution >= 4 is 20.5 Å². The van der Waals surface area contributed by atoms with Gasteiger partial charge in [-0.1, -0.05) is 51.1 Å². The van der Waals surface area contributed by atoms with E-state index in [-0.39, 0.29) is 11.6 Å². The molecule has 1 rings (SSSR count). The highest BCUT2D eigenvalue weighted by molar-refractivity contribution is 6.70. The molecule has 0 aliphatic rings. The van der Waals surface area contributed by atoms with E-state index >= 15 is 0 Å². The molecule has 0 aromatic heterocycles. The molecule has 1 atom stereocenters. The van der Waals surface area contributed by atoms with Crippen molar-refractivity contribution in [3.63, 3.8) is 0 Å². The maximum absolute atomic E-state index is 10.4. The molecule has 0 saturated carbocycles. The maximum atomic E-state index is 10.4. The normalized spacial score (nSPS) is 13.5. The van der Waals surface area contributed by atoms with Crippen molar-refractivity contribution in [3.05, 3.63) is 30.3 Å². The summed E-state index contributed by atoms with van der Waals surface area (Å²) in [6.07, 6.45) is 0.828. The Hall–Kier alpha value is -0.933. The monoisotopic (exact) mass is 222 g/mol. The summed E-state index contributed by atoms with van der Waals surface area (Å²) in [6.45, 7) is 6.72. The first kappa shape index (κ1) is 12.1. The van der Waals surface area contributed by atoms with Crippen LogP contribution in [0.2, 0.25) is 5.04 Å². The lowest BCUT2D eigenvalue weighted by molar-refractivity contribution is -0.109. The van der Waals surface area contributed by atoms with Crippen LogP contribution in [-0.4, -0.2) is 21.9 Å². The zero-order valence-electron chi connectivity index (χ0n) is 9.57. The molecule has 2 nitrogen and oxygen atoms in total. The summed E-state index contributed by atoms with van der Waals surface area (Å²) in [5.41, 5.74) is 0. The van der Waals surface area contributed by atoms with E-state index in [0.717, 1.165) is 6.29 Å². The highest BCUT2D eigenvalue weighted by Crippen LogP contribution is 2.27. The second-order valence-electron chi connectivity index (χ2n) is 4.66. The lowest BCUT2D eigenvalue weighted by atomic mass is 10.2. The van der Waals surface area contributed by atoms with Crippen LogP contribution in [-0.2, 0) is 9.22 Å². The molecule has 0 radical (unpaired) electrons. The van der Waals surface area contributed by atoms with Gasteiger partial charge in [0.25, 0.3) is 0 Å². The quantitative estimate of drug-likeness (QED) is 0.572. The van der Waals surface area contributed by atoms with Crippen molar-refractivity contribution < 1.29 is 9.22 Å². The van der Waals surface area contributed by atoms with Crippen molar-refractivity contribution in [2.45, 2.75) is 25.8 Å². The Kier molecular flexibility index (Phi) is 4.24. The Morgan fingerprint density at radius 2 is 1.87 bits per heavy atom. The van der Waals surface area contributed by atoms with Crippen LogP contribution in [0.15, 0.2) is 30.3 Å². The molecule has 0 spiro atoms. The zero-order valence-corrected chi connectivity index (χ0v) is 10.7. The second kappa shape index (κ2) is 5.23. The summed E-state index contributed by atoms with van der Waals surface area (Å²) < 4.78 is 5.71. The van der Waals surface area contributed by atoms with Crippen molar-refractivity contribution in [2.75, 3.05) is 6.61 Å². The number of carbonyl (C=O) groups excluding carboxylic acids is 1. The van der Waals surface area contributed by atoms with Crippen molar-refractivity contribution in [1.82, 2.24) is 0 Å². The van der Waals surface area contributed by atoms with E-state index < -0.39 is 9.04 Å². The molecular weight excluding hydrogens is 204 g/mol. The molecule has 1 aromatic carbocycles. The smallest absolute Gasteiger partial charge is 0.214 e. The molecular formula is C12H18O2Si. The van der Waals surface area contributed by atoms with E-state index in [4.69, 9.17) is 4.43 Å². The number of benzene rings is 1. The van der Waals surface area contributed by atoms with Gasteiger partial charge in [-0.2, -0.15) is 0 Å². The van der Waals surface area contributed by atoms with Gasteiger partial charge in [0.2, 0.25) is 9.04 Å². The molecule has 0 fully saturated rings. The third-order valence-electron chi connectivity index (χ3n) is 2.22. The Labute approximate surface area is 93.0 Å². The summed E-state index contributed by atoms with van der Waals surface area (Å²) in [4.78, 5) is 10.4. The SMILES string of the molecule is CC(C)(C)[SiH](OCC=O)c1ccccc1. The van der Waals surface area contributed by atoms with Crippen LogP contribution in [0.5, 0.6) is 0 Å². The zero-order chi connectivity index (χ0) is 11.3. The molecule has 0 saturated heterocycles. The minimum absolute atomic E-state index is 0.129. The molecule has 0 aliphatic heterocycles. The average Bonchev–Trinajstić information content (AvgIpc) is 2.18. The third-order valence-corrected chi connectivity index (χ3v) is 5.31. The standard InChI is InChI=1S/C12H18O2Si/c1-12(2,3)15(14-10-9-13)11-7-5-4-6-8-11/h4-9,15H,10H2,1-3H3. The first-order valence-electron chi connectivity index (χ1n) is 5.16. The van der Waals surface area contributed by atoms with Crippen LogP contribution in [0.25, 0.3) is 0 Å². The van der Waals surface area contributed by atoms with Crippen molar-refractivity contribution in [1.29, 1.82) is 0 Å². The Morgan fingerprint density at radius 3 is 2.33 bits per heavy atom. The fourth-order valence-electron chi connectivity index (χ4n) is 1.61. The summed E-state index contributed by atoms with van der Waals surface area (Å²) >= 11 is 0. The predicted molar refractivity (Wildman–Crippen MR) is 65.0 cm³/mol. The lowest BCUT2D eigenvalue weighted by Crippen LogP contribution is -2.42. The van der Waals surface area contributed by atoms with Gasteiger partial charge in [-0.25, -0.2) is 0 Å². The third kappa shape index (κ3) is 3.61. The predicted octanol–water partition coefficient (Wildman–Crippen LogP) is 1.63. The molecule has 0 bridgehead atoms. The maximum Gasteiger partial charge on any atom is 0.214 e. The molecule has 0 aliphatic carbocycles. The molecule has 15 heavy (non-hydrogen) atoms. The van der Waals surface area contributed by atoms with Gasteiger partial charge in [-0.05, 0) is 10.2 Å². The largest absolute Gasteiger partial charge is 0.408 e. The number of hydrogen-bond acceptors (Lipinski definition) is 2. The molecule has 0 amide bonds. The fraction of sp³-hybridized carbons (Fsp3) is 0.417. The number of rotatable bonds is 4. The first-order valence-corrected chi connectivity index (χ1v) is 6.78. The van der Waals surface area contributed by atoms with Gasteiger partial charge in [-0.3, -0.25) is 0 Å². The Morgan fingerprint density at radius 1 is 1.27 bits per heavy atom. The van der Waals surface area contributed by atoms with E-state index in [1.807, 2.05) is 18.2 Å². The molecule has 1 aromatic rings. The van der Waals surface area contributed by atoms with Crippen LogP contribution in [0.1, 0.15) is 20.8 Å². The van der Waals surface area contributed by atoms with E-state index in [1.165, 1.54) is 5.19 Å². The highest BCUT2D eigenvalue weighted by Gasteiger charge is 2.29. The number of hydrogen-bond donors (Lipinski definition) is 0. The summed E-state index contributed by atoms with van der Waals surface area (Å²) in [5.74, 6) is 0. The average molecular weight is 222 g/mol. The van der Waals surface area contributed by atoms with Gasteiger partial charge in [0.15, 0.2) is 0 Å². The Bertz CT molecular complexity index is 303. The van der Waals surface area contributed by atoms with Gasteiger partial charge in [0.05, 0.1) is 6.61 Å². The molecule has 82 valence electrons. The molecule has 0 heterocycles.